The topological polar surface area (TPSA) is 83.1 Å². The van der Waals surface area contributed by atoms with E-state index in [0.29, 0.717) is 47.1 Å². The predicted molar refractivity (Wildman–Crippen MR) is 102 cm³/mol. The number of piperidine rings is 1. The van der Waals surface area contributed by atoms with E-state index in [1.807, 2.05) is 0 Å². The highest BCUT2D eigenvalue weighted by Crippen LogP contribution is 2.27. The molecule has 1 aliphatic heterocycles. The number of aromatic nitrogens is 3. The van der Waals surface area contributed by atoms with E-state index in [4.69, 9.17) is 27.9 Å². The van der Waals surface area contributed by atoms with Crippen molar-refractivity contribution >= 4 is 41.0 Å². The number of rotatable bonds is 7. The second-order valence-corrected chi connectivity index (χ2v) is 6.95. The maximum Gasteiger partial charge on any atom is 0.246 e. The predicted octanol–water partition coefficient (Wildman–Crippen LogP) is 3.90. The molecule has 0 spiro atoms. The van der Waals surface area contributed by atoms with Gasteiger partial charge in [0.25, 0.3) is 0 Å². The summed E-state index contributed by atoms with van der Waals surface area (Å²) in [6.07, 6.45) is 4.40. The highest BCUT2D eigenvalue weighted by atomic mass is 35.5. The fourth-order valence-corrected chi connectivity index (χ4v) is 3.21. The first-order valence-corrected chi connectivity index (χ1v) is 9.42. The maximum absolute atomic E-state index is 12.0. The fourth-order valence-electron chi connectivity index (χ4n) is 2.75. The van der Waals surface area contributed by atoms with E-state index in [-0.39, 0.29) is 5.91 Å². The average Bonchev–Trinajstić information content (AvgIpc) is 3.09. The molecule has 1 fully saturated rings. The van der Waals surface area contributed by atoms with Gasteiger partial charge in [0.15, 0.2) is 0 Å². The molecule has 0 atom stereocenters. The Labute approximate surface area is 162 Å². The first-order chi connectivity index (χ1) is 12.6. The van der Waals surface area contributed by atoms with Crippen LogP contribution >= 0.6 is 23.2 Å². The van der Waals surface area contributed by atoms with Gasteiger partial charge in [-0.15, -0.1) is 5.10 Å². The summed E-state index contributed by atoms with van der Waals surface area (Å²) in [6.45, 7) is 2.29. The van der Waals surface area contributed by atoms with Crippen molar-refractivity contribution in [3.05, 3.63) is 28.2 Å². The summed E-state index contributed by atoms with van der Waals surface area (Å²) in [7, 11) is 0. The number of aromatic amines is 1. The summed E-state index contributed by atoms with van der Waals surface area (Å²) < 4.78 is 5.56. The third-order valence-electron chi connectivity index (χ3n) is 4.07. The second kappa shape index (κ2) is 9.09. The van der Waals surface area contributed by atoms with Crippen molar-refractivity contribution in [1.82, 2.24) is 15.2 Å². The molecule has 0 radical (unpaired) electrons. The molecule has 0 saturated carbocycles. The Morgan fingerprint density at radius 1 is 1.27 bits per heavy atom. The lowest BCUT2D eigenvalue weighted by Crippen LogP contribution is -2.30. The van der Waals surface area contributed by atoms with Crippen LogP contribution < -0.4 is 15.0 Å². The molecule has 7 nitrogen and oxygen atoms in total. The number of halogens is 2. The molecule has 3 rings (SSSR count). The van der Waals surface area contributed by atoms with Gasteiger partial charge in [0.05, 0.1) is 11.6 Å². The summed E-state index contributed by atoms with van der Waals surface area (Å²) in [5, 5.41) is 10.7. The lowest BCUT2D eigenvalue weighted by molar-refractivity contribution is -0.116. The summed E-state index contributed by atoms with van der Waals surface area (Å²) in [4.78, 5) is 18.5. The Hall–Kier alpha value is -1.99. The minimum atomic E-state index is -0.142. The van der Waals surface area contributed by atoms with Crippen molar-refractivity contribution in [3.63, 3.8) is 0 Å². The van der Waals surface area contributed by atoms with E-state index in [1.54, 1.807) is 18.2 Å². The minimum absolute atomic E-state index is 0.142. The molecule has 0 bridgehead atoms. The van der Waals surface area contributed by atoms with Crippen molar-refractivity contribution in [1.29, 1.82) is 0 Å². The fraction of sp³-hybridized carbons (Fsp3) is 0.471. The third kappa shape index (κ3) is 5.25. The normalized spacial score (nSPS) is 14.3. The van der Waals surface area contributed by atoms with Gasteiger partial charge in [-0.3, -0.25) is 10.1 Å². The quantitative estimate of drug-likeness (QED) is 0.692. The van der Waals surface area contributed by atoms with E-state index in [9.17, 15) is 4.79 Å². The monoisotopic (exact) mass is 397 g/mol. The number of amides is 1. The molecule has 1 aromatic heterocycles. The van der Waals surface area contributed by atoms with Crippen LogP contribution in [0.4, 0.5) is 11.9 Å². The van der Waals surface area contributed by atoms with Crippen molar-refractivity contribution in [3.8, 4) is 5.75 Å². The second-order valence-electron chi connectivity index (χ2n) is 6.11. The Bertz CT molecular complexity index is 747. The Balaban J connectivity index is 1.39. The van der Waals surface area contributed by atoms with Gasteiger partial charge in [-0.05, 0) is 43.9 Å². The zero-order valence-corrected chi connectivity index (χ0v) is 15.8. The number of nitrogens with zero attached hydrogens (tertiary/aromatic N) is 3. The van der Waals surface area contributed by atoms with Gasteiger partial charge < -0.3 is 9.64 Å². The average molecular weight is 398 g/mol. The largest absolute Gasteiger partial charge is 0.492 e. The van der Waals surface area contributed by atoms with E-state index in [1.165, 1.54) is 6.42 Å². The molecule has 9 heteroatoms. The third-order valence-corrected chi connectivity index (χ3v) is 4.60. The standard InChI is InChI=1S/C17H21Cl2N5O2/c18-12-6-7-14(13(19)11-12)26-10-4-5-15(25)20-16-21-17(23-22-16)24-8-2-1-3-9-24/h6-7,11H,1-5,8-10H2,(H2,20,21,22,23,25). The molecule has 1 saturated heterocycles. The number of hydrogen-bond acceptors (Lipinski definition) is 5. The van der Waals surface area contributed by atoms with Crippen LogP contribution in [0.25, 0.3) is 0 Å². The van der Waals surface area contributed by atoms with Gasteiger partial charge in [0.2, 0.25) is 17.8 Å². The molecule has 1 aliphatic rings. The number of H-pyrrole nitrogens is 1. The van der Waals surface area contributed by atoms with Crippen LogP contribution in [0.15, 0.2) is 18.2 Å². The molecule has 0 aliphatic carbocycles. The van der Waals surface area contributed by atoms with Gasteiger partial charge in [-0.2, -0.15) is 4.98 Å². The maximum atomic E-state index is 12.0. The van der Waals surface area contributed by atoms with Crippen LogP contribution in [0.5, 0.6) is 5.75 Å². The zero-order valence-electron chi connectivity index (χ0n) is 14.3. The highest BCUT2D eigenvalue weighted by molar-refractivity contribution is 6.35. The van der Waals surface area contributed by atoms with E-state index < -0.39 is 0 Å². The van der Waals surface area contributed by atoms with Gasteiger partial charge in [0, 0.05) is 24.5 Å². The van der Waals surface area contributed by atoms with E-state index in [0.717, 1.165) is 25.9 Å². The molecule has 1 amide bonds. The summed E-state index contributed by atoms with van der Waals surface area (Å²) >= 11 is 11.9. The molecular weight excluding hydrogens is 377 g/mol. The van der Waals surface area contributed by atoms with Crippen LogP contribution in [0.2, 0.25) is 10.0 Å². The lowest BCUT2D eigenvalue weighted by atomic mass is 10.1. The molecule has 2 N–H and O–H groups in total. The molecule has 2 aromatic rings. The summed E-state index contributed by atoms with van der Waals surface area (Å²) in [5.41, 5.74) is 0. The smallest absolute Gasteiger partial charge is 0.246 e. The number of nitrogens with one attached hydrogen (secondary N) is 2. The van der Waals surface area contributed by atoms with Crippen molar-refractivity contribution < 1.29 is 9.53 Å². The summed E-state index contributed by atoms with van der Waals surface area (Å²) in [5.74, 6) is 1.42. The molecular formula is C17H21Cl2N5O2. The van der Waals surface area contributed by atoms with Gasteiger partial charge in [-0.25, -0.2) is 5.10 Å². The van der Waals surface area contributed by atoms with Crippen molar-refractivity contribution in [2.45, 2.75) is 32.1 Å². The number of carbonyl (C=O) groups excluding carboxylic acids is 1. The number of ether oxygens (including phenoxy) is 1. The first kappa shape index (κ1) is 18.8. The van der Waals surface area contributed by atoms with Crippen molar-refractivity contribution in [2.24, 2.45) is 0 Å². The first-order valence-electron chi connectivity index (χ1n) is 8.67. The molecule has 0 unspecified atom stereocenters. The Morgan fingerprint density at radius 3 is 2.85 bits per heavy atom. The van der Waals surface area contributed by atoms with Crippen LogP contribution in [-0.4, -0.2) is 40.8 Å². The van der Waals surface area contributed by atoms with Crippen molar-refractivity contribution in [2.75, 3.05) is 29.9 Å². The van der Waals surface area contributed by atoms with Gasteiger partial charge in [0.1, 0.15) is 5.75 Å². The van der Waals surface area contributed by atoms with Gasteiger partial charge in [-0.1, -0.05) is 23.2 Å². The molecule has 2 heterocycles. The van der Waals surface area contributed by atoms with Gasteiger partial charge >= 0.3 is 0 Å². The van der Waals surface area contributed by atoms with E-state index >= 15 is 0 Å². The Morgan fingerprint density at radius 2 is 2.08 bits per heavy atom. The number of benzene rings is 1. The van der Waals surface area contributed by atoms with Crippen LogP contribution in [0, 0.1) is 0 Å². The zero-order chi connectivity index (χ0) is 18.4. The van der Waals surface area contributed by atoms with Crippen LogP contribution in [-0.2, 0) is 4.79 Å². The number of hydrogen-bond donors (Lipinski definition) is 2. The number of anilines is 2. The SMILES string of the molecule is O=C(CCCOc1ccc(Cl)cc1Cl)Nc1nc(N2CCCCC2)n[nH]1. The van der Waals surface area contributed by atoms with Crippen LogP contribution in [0.1, 0.15) is 32.1 Å². The highest BCUT2D eigenvalue weighted by Gasteiger charge is 2.16. The Kier molecular flexibility index (Phi) is 6.57. The summed E-state index contributed by atoms with van der Waals surface area (Å²) in [6, 6.07) is 5.04. The molecule has 1 aromatic carbocycles. The van der Waals surface area contributed by atoms with Crippen LogP contribution in [0.3, 0.4) is 0 Å². The number of carbonyl (C=O) groups is 1. The molecule has 140 valence electrons. The molecule has 26 heavy (non-hydrogen) atoms. The van der Waals surface area contributed by atoms with E-state index in [2.05, 4.69) is 25.4 Å². The minimum Gasteiger partial charge on any atom is -0.492 e. The lowest BCUT2D eigenvalue weighted by Gasteiger charge is -2.24.